The molecule has 0 bridgehead atoms. The molecular formula is C15H9ClFNO2. The molecule has 0 saturated heterocycles. The van der Waals surface area contributed by atoms with Crippen molar-refractivity contribution < 1.29 is 14.0 Å². The molecule has 0 atom stereocenters. The van der Waals surface area contributed by atoms with E-state index in [0.717, 1.165) is 11.0 Å². The van der Waals surface area contributed by atoms with E-state index in [1.54, 1.807) is 24.3 Å². The Bertz CT molecular complexity index is 695. The number of hydrogen-bond acceptors (Lipinski definition) is 2. The molecule has 0 aliphatic carbocycles. The quantitative estimate of drug-likeness (QED) is 0.796. The molecule has 2 aromatic rings. The van der Waals surface area contributed by atoms with E-state index >= 15 is 0 Å². The summed E-state index contributed by atoms with van der Waals surface area (Å²) in [5.74, 6) is -1.17. The van der Waals surface area contributed by atoms with Gasteiger partial charge >= 0.3 is 0 Å². The predicted octanol–water partition coefficient (Wildman–Crippen LogP) is 3.28. The summed E-state index contributed by atoms with van der Waals surface area (Å²) in [5, 5.41) is 0.196. The van der Waals surface area contributed by atoms with Gasteiger partial charge in [-0.15, -0.1) is 0 Å². The molecule has 3 rings (SSSR count). The second-order valence-electron chi connectivity index (χ2n) is 4.48. The number of carbonyl (C=O) groups excluding carboxylic acids is 2. The topological polar surface area (TPSA) is 37.4 Å². The van der Waals surface area contributed by atoms with Crippen LogP contribution in [0.3, 0.4) is 0 Å². The van der Waals surface area contributed by atoms with Crippen LogP contribution in [0.5, 0.6) is 0 Å². The van der Waals surface area contributed by atoms with Crippen LogP contribution in [0, 0.1) is 5.82 Å². The lowest BCUT2D eigenvalue weighted by atomic mass is 10.1. The first-order valence-corrected chi connectivity index (χ1v) is 6.35. The minimum atomic E-state index is -0.457. The Hall–Kier alpha value is -2.20. The monoisotopic (exact) mass is 289 g/mol. The van der Waals surface area contributed by atoms with Crippen molar-refractivity contribution in [1.29, 1.82) is 0 Å². The molecule has 3 nitrogen and oxygen atoms in total. The van der Waals surface area contributed by atoms with E-state index in [0.29, 0.717) is 16.7 Å². The van der Waals surface area contributed by atoms with Gasteiger partial charge in [-0.3, -0.25) is 14.5 Å². The normalized spacial score (nSPS) is 13.8. The molecule has 0 spiro atoms. The molecular weight excluding hydrogens is 281 g/mol. The third kappa shape index (κ3) is 1.98. The van der Waals surface area contributed by atoms with Crippen LogP contribution in [0.25, 0.3) is 0 Å². The van der Waals surface area contributed by atoms with Gasteiger partial charge in [0.1, 0.15) is 5.82 Å². The van der Waals surface area contributed by atoms with E-state index in [2.05, 4.69) is 0 Å². The van der Waals surface area contributed by atoms with Gasteiger partial charge in [0.15, 0.2) is 0 Å². The van der Waals surface area contributed by atoms with Crippen LogP contribution >= 0.6 is 11.6 Å². The van der Waals surface area contributed by atoms with Gasteiger partial charge in [-0.1, -0.05) is 29.8 Å². The number of benzene rings is 2. The van der Waals surface area contributed by atoms with E-state index < -0.39 is 5.82 Å². The molecule has 0 aromatic heterocycles. The van der Waals surface area contributed by atoms with Crippen LogP contribution in [0.2, 0.25) is 5.02 Å². The zero-order chi connectivity index (χ0) is 14.3. The Morgan fingerprint density at radius 3 is 2.15 bits per heavy atom. The summed E-state index contributed by atoms with van der Waals surface area (Å²) >= 11 is 5.93. The molecule has 100 valence electrons. The average molecular weight is 290 g/mol. The summed E-state index contributed by atoms with van der Waals surface area (Å²) in [6.07, 6.45) is 0. The first kappa shape index (κ1) is 12.8. The maximum atomic E-state index is 13.0. The lowest BCUT2D eigenvalue weighted by molar-refractivity contribution is 0.0642. The minimum Gasteiger partial charge on any atom is -0.270 e. The van der Waals surface area contributed by atoms with Crippen LogP contribution in [0.4, 0.5) is 4.39 Å². The van der Waals surface area contributed by atoms with Gasteiger partial charge in [-0.05, 0) is 29.8 Å². The zero-order valence-corrected chi connectivity index (χ0v) is 11.0. The maximum absolute atomic E-state index is 13.0. The maximum Gasteiger partial charge on any atom is 0.261 e. The second-order valence-corrected chi connectivity index (χ2v) is 4.88. The van der Waals surface area contributed by atoms with Crippen LogP contribution < -0.4 is 0 Å². The molecule has 0 fully saturated rings. The molecule has 0 unspecified atom stereocenters. The Kier molecular flexibility index (Phi) is 3.03. The third-order valence-electron chi connectivity index (χ3n) is 3.22. The van der Waals surface area contributed by atoms with Crippen molar-refractivity contribution >= 4 is 23.4 Å². The minimum absolute atomic E-state index is 0.0332. The molecule has 0 N–H and O–H groups in total. The number of nitrogens with zero attached hydrogens (tertiary/aromatic N) is 1. The zero-order valence-electron chi connectivity index (χ0n) is 10.3. The summed E-state index contributed by atoms with van der Waals surface area (Å²) in [6, 6.07) is 10.5. The lowest BCUT2D eigenvalue weighted by Gasteiger charge is -2.14. The summed E-state index contributed by atoms with van der Waals surface area (Å²) in [7, 11) is 0. The standard InChI is InChI=1S/C15H9ClFNO2/c16-13-7-10(17)6-5-9(13)8-18-14(19)11-3-1-2-4-12(11)15(18)20/h1-7H,8H2. The largest absolute Gasteiger partial charge is 0.270 e. The highest BCUT2D eigenvalue weighted by Gasteiger charge is 2.35. The van der Waals surface area contributed by atoms with Gasteiger partial charge in [-0.25, -0.2) is 4.39 Å². The van der Waals surface area contributed by atoms with Crippen LogP contribution in [0.1, 0.15) is 26.3 Å². The molecule has 20 heavy (non-hydrogen) atoms. The fourth-order valence-electron chi connectivity index (χ4n) is 2.20. The van der Waals surface area contributed by atoms with Crippen LogP contribution in [0.15, 0.2) is 42.5 Å². The number of rotatable bonds is 2. The SMILES string of the molecule is O=C1c2ccccc2C(=O)N1Cc1ccc(F)cc1Cl. The number of amides is 2. The fourth-order valence-corrected chi connectivity index (χ4v) is 2.43. The molecule has 0 radical (unpaired) electrons. The fraction of sp³-hybridized carbons (Fsp3) is 0.0667. The third-order valence-corrected chi connectivity index (χ3v) is 3.57. The van der Waals surface area contributed by atoms with Crippen molar-refractivity contribution in [2.45, 2.75) is 6.54 Å². The molecule has 2 amide bonds. The second kappa shape index (κ2) is 4.72. The first-order valence-electron chi connectivity index (χ1n) is 5.97. The molecule has 1 aliphatic rings. The van der Waals surface area contributed by atoms with E-state index in [9.17, 15) is 14.0 Å². The predicted molar refractivity (Wildman–Crippen MR) is 72.1 cm³/mol. The molecule has 5 heteroatoms. The van der Waals surface area contributed by atoms with Gasteiger partial charge in [0.25, 0.3) is 11.8 Å². The molecule has 1 heterocycles. The number of imide groups is 1. The van der Waals surface area contributed by atoms with E-state index in [4.69, 9.17) is 11.6 Å². The summed E-state index contributed by atoms with van der Waals surface area (Å²) in [5.41, 5.74) is 1.30. The Morgan fingerprint density at radius 1 is 1.00 bits per heavy atom. The molecule has 0 saturated carbocycles. The molecule has 2 aromatic carbocycles. The Morgan fingerprint density at radius 2 is 1.60 bits per heavy atom. The van der Waals surface area contributed by atoms with Crippen molar-refractivity contribution in [3.63, 3.8) is 0 Å². The lowest BCUT2D eigenvalue weighted by Crippen LogP contribution is -2.29. The van der Waals surface area contributed by atoms with Crippen molar-refractivity contribution in [3.8, 4) is 0 Å². The Balaban J connectivity index is 1.94. The molecule has 1 aliphatic heterocycles. The smallest absolute Gasteiger partial charge is 0.261 e. The number of hydrogen-bond donors (Lipinski definition) is 0. The van der Waals surface area contributed by atoms with E-state index in [1.807, 2.05) is 0 Å². The number of fused-ring (bicyclic) bond motifs is 1. The summed E-state index contributed by atoms with van der Waals surface area (Å²) in [6.45, 7) is 0.0332. The highest BCUT2D eigenvalue weighted by atomic mass is 35.5. The Labute approximate surface area is 119 Å². The van der Waals surface area contributed by atoms with Crippen molar-refractivity contribution in [1.82, 2.24) is 4.90 Å². The van der Waals surface area contributed by atoms with Crippen LogP contribution in [-0.2, 0) is 6.54 Å². The first-order chi connectivity index (χ1) is 9.58. The van der Waals surface area contributed by atoms with E-state index in [1.165, 1.54) is 12.1 Å². The van der Waals surface area contributed by atoms with Crippen molar-refractivity contribution in [2.75, 3.05) is 0 Å². The average Bonchev–Trinajstić information content (AvgIpc) is 2.67. The van der Waals surface area contributed by atoms with Gasteiger partial charge in [-0.2, -0.15) is 0 Å². The van der Waals surface area contributed by atoms with Gasteiger partial charge in [0, 0.05) is 5.02 Å². The highest BCUT2D eigenvalue weighted by molar-refractivity contribution is 6.31. The highest BCUT2D eigenvalue weighted by Crippen LogP contribution is 2.26. The van der Waals surface area contributed by atoms with Gasteiger partial charge in [0.2, 0.25) is 0 Å². The number of halogens is 2. The van der Waals surface area contributed by atoms with Gasteiger partial charge in [0.05, 0.1) is 17.7 Å². The number of carbonyl (C=O) groups is 2. The van der Waals surface area contributed by atoms with Crippen molar-refractivity contribution in [2.24, 2.45) is 0 Å². The van der Waals surface area contributed by atoms with E-state index in [-0.39, 0.29) is 23.4 Å². The summed E-state index contributed by atoms with van der Waals surface area (Å²) < 4.78 is 13.0. The van der Waals surface area contributed by atoms with Gasteiger partial charge < -0.3 is 0 Å². The van der Waals surface area contributed by atoms with Crippen molar-refractivity contribution in [3.05, 3.63) is 70.0 Å². The van der Waals surface area contributed by atoms with Crippen LogP contribution in [-0.4, -0.2) is 16.7 Å². The summed E-state index contributed by atoms with van der Waals surface area (Å²) in [4.78, 5) is 25.5.